The van der Waals surface area contributed by atoms with Gasteiger partial charge in [-0.2, -0.15) is 0 Å². The molecule has 3 fully saturated rings. The van der Waals surface area contributed by atoms with Crippen molar-refractivity contribution in [3.63, 3.8) is 0 Å². The summed E-state index contributed by atoms with van der Waals surface area (Å²) in [6.45, 7) is 5.10. The van der Waals surface area contributed by atoms with Crippen LogP contribution in [0, 0.1) is 0 Å². The molecular weight excluding hydrogens is 196 g/mol. The highest BCUT2D eigenvalue weighted by atomic mass is 15.4. The van der Waals surface area contributed by atoms with Crippen LogP contribution in [0.25, 0.3) is 0 Å². The maximum atomic E-state index is 2.85. The van der Waals surface area contributed by atoms with E-state index in [1.54, 1.807) is 0 Å². The van der Waals surface area contributed by atoms with Crippen LogP contribution in [0.2, 0.25) is 0 Å². The molecule has 0 saturated carbocycles. The van der Waals surface area contributed by atoms with E-state index in [0.29, 0.717) is 0 Å². The van der Waals surface area contributed by atoms with Gasteiger partial charge in [0.15, 0.2) is 0 Å². The van der Waals surface area contributed by atoms with Crippen molar-refractivity contribution in [1.29, 1.82) is 0 Å². The fraction of sp³-hybridized carbons (Fsp3) is 1.00. The molecule has 0 spiro atoms. The molecule has 0 radical (unpaired) electrons. The van der Waals surface area contributed by atoms with Crippen LogP contribution >= 0.6 is 0 Å². The van der Waals surface area contributed by atoms with E-state index in [9.17, 15) is 0 Å². The predicted molar refractivity (Wildman–Crippen MR) is 67.4 cm³/mol. The lowest BCUT2D eigenvalue weighted by molar-refractivity contribution is -0.0607. The van der Waals surface area contributed by atoms with Gasteiger partial charge in [0, 0.05) is 18.6 Å². The van der Waals surface area contributed by atoms with E-state index in [-0.39, 0.29) is 0 Å². The highest BCUT2D eigenvalue weighted by Gasteiger charge is 2.43. The Morgan fingerprint density at radius 1 is 1.00 bits per heavy atom. The summed E-state index contributed by atoms with van der Waals surface area (Å²) in [5.74, 6) is 0. The largest absolute Gasteiger partial charge is 0.285 e. The van der Waals surface area contributed by atoms with Gasteiger partial charge in [-0.1, -0.05) is 19.8 Å². The molecule has 2 nitrogen and oxygen atoms in total. The summed E-state index contributed by atoms with van der Waals surface area (Å²) in [6, 6.07) is 1.85. The zero-order valence-electron chi connectivity index (χ0n) is 10.7. The van der Waals surface area contributed by atoms with E-state index in [4.69, 9.17) is 0 Å². The second kappa shape index (κ2) is 4.66. The number of hydrogen-bond donors (Lipinski definition) is 0. The highest BCUT2D eigenvalue weighted by molar-refractivity contribution is 4.96. The van der Waals surface area contributed by atoms with Crippen LogP contribution in [0.5, 0.6) is 0 Å². The molecule has 3 heterocycles. The Bertz CT molecular complexity index is 241. The minimum atomic E-state index is 0.829. The summed E-state index contributed by atoms with van der Waals surface area (Å²) in [6.07, 6.45) is 12.4. The molecule has 3 rings (SSSR count). The molecule has 3 saturated heterocycles. The van der Waals surface area contributed by atoms with Crippen molar-refractivity contribution < 1.29 is 0 Å². The molecule has 0 N–H and O–H groups in total. The minimum absolute atomic E-state index is 0.829. The van der Waals surface area contributed by atoms with Crippen LogP contribution in [0.3, 0.4) is 0 Å². The first-order chi connectivity index (χ1) is 7.90. The molecular formula is C14H26N2. The summed E-state index contributed by atoms with van der Waals surface area (Å²) < 4.78 is 0. The lowest BCUT2D eigenvalue weighted by Crippen LogP contribution is -2.60. The van der Waals surface area contributed by atoms with E-state index in [2.05, 4.69) is 16.7 Å². The van der Waals surface area contributed by atoms with Crippen molar-refractivity contribution in [2.75, 3.05) is 13.1 Å². The van der Waals surface area contributed by atoms with Crippen LogP contribution in [0.4, 0.5) is 0 Å². The third kappa shape index (κ3) is 1.80. The quantitative estimate of drug-likeness (QED) is 0.709. The summed E-state index contributed by atoms with van der Waals surface area (Å²) in [5, 5.41) is 0. The fourth-order valence-corrected chi connectivity index (χ4v) is 4.29. The van der Waals surface area contributed by atoms with Gasteiger partial charge in [-0.15, -0.1) is 0 Å². The molecule has 2 heteroatoms. The van der Waals surface area contributed by atoms with E-state index in [1.807, 2.05) is 0 Å². The monoisotopic (exact) mass is 222 g/mol. The van der Waals surface area contributed by atoms with E-state index >= 15 is 0 Å². The van der Waals surface area contributed by atoms with Gasteiger partial charge in [0.05, 0.1) is 6.17 Å². The van der Waals surface area contributed by atoms with Gasteiger partial charge in [-0.05, 0) is 45.1 Å². The first-order valence-corrected chi connectivity index (χ1v) is 7.41. The SMILES string of the molecule is CCC[C@H]1CC2CCCCN2C2CCCN21. The Hall–Kier alpha value is -0.0800. The Morgan fingerprint density at radius 3 is 2.75 bits per heavy atom. The van der Waals surface area contributed by atoms with Gasteiger partial charge in [0.1, 0.15) is 0 Å². The Balaban J connectivity index is 1.75. The molecule has 0 bridgehead atoms. The predicted octanol–water partition coefficient (Wildman–Crippen LogP) is 2.84. The summed E-state index contributed by atoms with van der Waals surface area (Å²) >= 11 is 0. The van der Waals surface area contributed by atoms with Crippen molar-refractivity contribution in [2.24, 2.45) is 0 Å². The molecule has 2 unspecified atom stereocenters. The lowest BCUT2D eigenvalue weighted by Gasteiger charge is -2.51. The van der Waals surface area contributed by atoms with E-state index in [1.165, 1.54) is 64.5 Å². The van der Waals surface area contributed by atoms with E-state index < -0.39 is 0 Å². The molecule has 3 atom stereocenters. The number of hydrogen-bond acceptors (Lipinski definition) is 2. The van der Waals surface area contributed by atoms with Gasteiger partial charge in [-0.3, -0.25) is 9.80 Å². The minimum Gasteiger partial charge on any atom is -0.285 e. The van der Waals surface area contributed by atoms with Crippen LogP contribution in [0.1, 0.15) is 58.3 Å². The van der Waals surface area contributed by atoms with Crippen molar-refractivity contribution in [1.82, 2.24) is 9.80 Å². The van der Waals surface area contributed by atoms with Gasteiger partial charge in [-0.25, -0.2) is 0 Å². The molecule has 16 heavy (non-hydrogen) atoms. The molecule has 0 aliphatic carbocycles. The summed E-state index contributed by atoms with van der Waals surface area (Å²) in [4.78, 5) is 5.69. The van der Waals surface area contributed by atoms with Gasteiger partial charge in [0.2, 0.25) is 0 Å². The highest BCUT2D eigenvalue weighted by Crippen LogP contribution is 2.37. The van der Waals surface area contributed by atoms with Crippen molar-refractivity contribution in [3.8, 4) is 0 Å². The molecule has 3 aliphatic heterocycles. The average Bonchev–Trinajstić information content (AvgIpc) is 2.79. The molecule has 92 valence electrons. The van der Waals surface area contributed by atoms with Gasteiger partial charge >= 0.3 is 0 Å². The van der Waals surface area contributed by atoms with E-state index in [0.717, 1.165) is 18.2 Å². The maximum absolute atomic E-state index is 2.85. The van der Waals surface area contributed by atoms with Crippen LogP contribution in [-0.2, 0) is 0 Å². The van der Waals surface area contributed by atoms with Gasteiger partial charge < -0.3 is 0 Å². The van der Waals surface area contributed by atoms with Crippen LogP contribution in [0.15, 0.2) is 0 Å². The number of nitrogens with zero attached hydrogens (tertiary/aromatic N) is 2. The van der Waals surface area contributed by atoms with Gasteiger partial charge in [0.25, 0.3) is 0 Å². The molecule has 0 aromatic rings. The normalized spacial score (nSPS) is 40.7. The first-order valence-electron chi connectivity index (χ1n) is 7.41. The van der Waals surface area contributed by atoms with Crippen LogP contribution in [-0.4, -0.2) is 41.1 Å². The summed E-state index contributed by atoms with van der Waals surface area (Å²) in [5.41, 5.74) is 0. The smallest absolute Gasteiger partial charge is 0.0627 e. The first kappa shape index (κ1) is 11.0. The molecule has 0 aromatic heterocycles. The second-order valence-corrected chi connectivity index (χ2v) is 5.93. The zero-order valence-corrected chi connectivity index (χ0v) is 10.7. The van der Waals surface area contributed by atoms with Crippen molar-refractivity contribution >= 4 is 0 Å². The molecule has 0 amide bonds. The van der Waals surface area contributed by atoms with Crippen LogP contribution < -0.4 is 0 Å². The fourth-order valence-electron chi connectivity index (χ4n) is 4.29. The standard InChI is InChI=1S/C14H26N2/c1-2-6-12-11-13-7-3-4-9-15(13)14-8-5-10-16(12)14/h12-14H,2-11H2,1H3/t12-,13?,14?/m0/s1. The topological polar surface area (TPSA) is 6.48 Å². The second-order valence-electron chi connectivity index (χ2n) is 5.93. The third-order valence-corrected chi connectivity index (χ3v) is 4.95. The third-order valence-electron chi connectivity index (χ3n) is 4.95. The number of rotatable bonds is 2. The number of piperidine rings is 1. The molecule has 0 aromatic carbocycles. The Morgan fingerprint density at radius 2 is 1.88 bits per heavy atom. The Kier molecular flexibility index (Phi) is 3.21. The lowest BCUT2D eigenvalue weighted by atomic mass is 9.89. The molecule has 3 aliphatic rings. The van der Waals surface area contributed by atoms with Crippen molar-refractivity contribution in [2.45, 2.75) is 76.5 Å². The Labute approximate surface area is 100.0 Å². The zero-order chi connectivity index (χ0) is 11.0. The van der Waals surface area contributed by atoms with Crippen molar-refractivity contribution in [3.05, 3.63) is 0 Å². The average molecular weight is 222 g/mol. The number of fused-ring (bicyclic) bond motifs is 3. The summed E-state index contributed by atoms with van der Waals surface area (Å²) in [7, 11) is 0. The maximum Gasteiger partial charge on any atom is 0.0627 e.